The summed E-state index contributed by atoms with van der Waals surface area (Å²) in [6, 6.07) is 14.1. The van der Waals surface area contributed by atoms with Crippen molar-refractivity contribution in [2.24, 2.45) is 0 Å². The molecule has 0 aromatic heterocycles. The zero-order valence-electron chi connectivity index (χ0n) is 15.8. The van der Waals surface area contributed by atoms with Crippen LogP contribution in [0.4, 0.5) is 0 Å². The van der Waals surface area contributed by atoms with Crippen molar-refractivity contribution in [1.29, 1.82) is 0 Å². The van der Waals surface area contributed by atoms with Gasteiger partial charge in [-0.3, -0.25) is 4.79 Å². The Balaban J connectivity index is 2.21. The number of likely N-dealkylation sites (N-methyl/N-ethyl adjacent to an activating group) is 1. The van der Waals surface area contributed by atoms with Gasteiger partial charge in [0.05, 0.1) is 14.2 Å². The van der Waals surface area contributed by atoms with Gasteiger partial charge in [-0.2, -0.15) is 0 Å². The number of carbonyl (C=O) groups is 2. The molecule has 2 aromatic rings. The number of esters is 1. The molecule has 0 radical (unpaired) electrons. The Bertz CT molecular complexity index is 815. The highest BCUT2D eigenvalue weighted by atomic mass is 16.5. The summed E-state index contributed by atoms with van der Waals surface area (Å²) in [7, 11) is 6.33. The Hall–Kier alpha value is -3.28. The molecule has 0 bridgehead atoms. The van der Waals surface area contributed by atoms with Gasteiger partial charge in [0.25, 0.3) is 5.91 Å². The zero-order valence-corrected chi connectivity index (χ0v) is 15.8. The Morgan fingerprint density at radius 3 is 2.30 bits per heavy atom. The highest BCUT2D eigenvalue weighted by Crippen LogP contribution is 2.25. The Kier molecular flexibility index (Phi) is 7.00. The van der Waals surface area contributed by atoms with Gasteiger partial charge in [0.15, 0.2) is 0 Å². The van der Waals surface area contributed by atoms with Crippen molar-refractivity contribution < 1.29 is 23.8 Å². The lowest BCUT2D eigenvalue weighted by Crippen LogP contribution is -2.30. The van der Waals surface area contributed by atoms with Gasteiger partial charge in [0, 0.05) is 31.3 Å². The van der Waals surface area contributed by atoms with Gasteiger partial charge in [-0.15, -0.1) is 0 Å². The Labute approximate surface area is 159 Å². The van der Waals surface area contributed by atoms with Crippen molar-refractivity contribution in [1.82, 2.24) is 4.90 Å². The number of methoxy groups -OCH3 is 2. The lowest BCUT2D eigenvalue weighted by atomic mass is 10.1. The predicted octanol–water partition coefficient (Wildman–Crippen LogP) is 3.09. The number of rotatable bonds is 7. The second-order valence-corrected chi connectivity index (χ2v) is 5.90. The summed E-state index contributed by atoms with van der Waals surface area (Å²) in [6.07, 6.45) is 1.81. The number of amides is 1. The van der Waals surface area contributed by atoms with Gasteiger partial charge >= 0.3 is 5.97 Å². The molecule has 1 atom stereocenters. The highest BCUT2D eigenvalue weighted by molar-refractivity contribution is 5.91. The average molecular weight is 369 g/mol. The normalized spacial score (nSPS) is 11.7. The van der Waals surface area contributed by atoms with Crippen LogP contribution in [0.1, 0.15) is 17.2 Å². The number of benzene rings is 2. The maximum Gasteiger partial charge on any atom is 0.331 e. The summed E-state index contributed by atoms with van der Waals surface area (Å²) in [6.45, 7) is 0. The standard InChI is InChI=1S/C21H23NO5/c1-22(2)21(24)20(15-8-6-5-7-9-15)27-19(23)13-10-16-14-17(25-3)11-12-18(16)26-4/h5-14,20H,1-4H3/b13-10+/t20-/m1/s1. The molecule has 0 saturated heterocycles. The molecular formula is C21H23NO5. The molecule has 0 N–H and O–H groups in total. The van der Waals surface area contributed by atoms with Gasteiger partial charge < -0.3 is 19.1 Å². The van der Waals surface area contributed by atoms with Crippen LogP contribution in [0.2, 0.25) is 0 Å². The van der Waals surface area contributed by atoms with E-state index >= 15 is 0 Å². The van der Waals surface area contributed by atoms with Gasteiger partial charge in [0.2, 0.25) is 6.10 Å². The SMILES string of the molecule is COc1ccc(OC)c(/C=C/C(=O)O[C@@H](C(=O)N(C)C)c2ccccc2)c1. The molecule has 0 unspecified atom stereocenters. The van der Waals surface area contributed by atoms with E-state index in [-0.39, 0.29) is 5.91 Å². The molecule has 0 fully saturated rings. The molecule has 0 heterocycles. The van der Waals surface area contributed by atoms with E-state index in [0.717, 1.165) is 0 Å². The first-order chi connectivity index (χ1) is 13.0. The average Bonchev–Trinajstić information content (AvgIpc) is 2.70. The van der Waals surface area contributed by atoms with E-state index in [0.29, 0.717) is 22.6 Å². The fourth-order valence-corrected chi connectivity index (χ4v) is 2.41. The minimum Gasteiger partial charge on any atom is -0.497 e. The van der Waals surface area contributed by atoms with Crippen LogP contribution in [0, 0.1) is 0 Å². The summed E-state index contributed by atoms with van der Waals surface area (Å²) in [4.78, 5) is 26.1. The molecule has 0 aliphatic rings. The van der Waals surface area contributed by atoms with E-state index in [1.165, 1.54) is 11.0 Å². The highest BCUT2D eigenvalue weighted by Gasteiger charge is 2.25. The number of ether oxygens (including phenoxy) is 3. The van der Waals surface area contributed by atoms with Gasteiger partial charge in [-0.1, -0.05) is 30.3 Å². The largest absolute Gasteiger partial charge is 0.497 e. The van der Waals surface area contributed by atoms with E-state index < -0.39 is 12.1 Å². The summed E-state index contributed by atoms with van der Waals surface area (Å²) in [5.74, 6) is 0.267. The van der Waals surface area contributed by atoms with E-state index in [1.807, 2.05) is 6.07 Å². The van der Waals surface area contributed by atoms with Crippen molar-refractivity contribution >= 4 is 18.0 Å². The fourth-order valence-electron chi connectivity index (χ4n) is 2.41. The third-order valence-electron chi connectivity index (χ3n) is 3.84. The summed E-state index contributed by atoms with van der Waals surface area (Å²) < 4.78 is 15.9. The molecule has 6 nitrogen and oxygen atoms in total. The monoisotopic (exact) mass is 369 g/mol. The second-order valence-electron chi connectivity index (χ2n) is 5.90. The van der Waals surface area contributed by atoms with Crippen LogP contribution < -0.4 is 9.47 Å². The van der Waals surface area contributed by atoms with Crippen LogP contribution in [0.15, 0.2) is 54.6 Å². The predicted molar refractivity (Wildman–Crippen MR) is 103 cm³/mol. The quantitative estimate of drug-likeness (QED) is 0.554. The Morgan fingerprint density at radius 2 is 1.70 bits per heavy atom. The molecule has 27 heavy (non-hydrogen) atoms. The number of carbonyl (C=O) groups excluding carboxylic acids is 2. The van der Waals surface area contributed by atoms with Crippen LogP contribution in [0.3, 0.4) is 0 Å². The topological polar surface area (TPSA) is 65.1 Å². The summed E-state index contributed by atoms with van der Waals surface area (Å²) in [5, 5.41) is 0. The molecule has 1 amide bonds. The second kappa shape index (κ2) is 9.43. The van der Waals surface area contributed by atoms with E-state index in [1.54, 1.807) is 76.9 Å². The minimum atomic E-state index is -1.01. The molecule has 142 valence electrons. The Morgan fingerprint density at radius 1 is 1.00 bits per heavy atom. The molecule has 0 saturated carbocycles. The molecule has 0 aliphatic heterocycles. The van der Waals surface area contributed by atoms with Crippen LogP contribution in [0.5, 0.6) is 11.5 Å². The third-order valence-corrected chi connectivity index (χ3v) is 3.84. The van der Waals surface area contributed by atoms with Gasteiger partial charge in [-0.25, -0.2) is 4.79 Å². The van der Waals surface area contributed by atoms with Crippen LogP contribution in [0.25, 0.3) is 6.08 Å². The van der Waals surface area contributed by atoms with Gasteiger partial charge in [0.1, 0.15) is 11.5 Å². The zero-order chi connectivity index (χ0) is 19.8. The van der Waals surface area contributed by atoms with Crippen molar-refractivity contribution in [2.75, 3.05) is 28.3 Å². The lowest BCUT2D eigenvalue weighted by molar-refractivity contribution is -0.155. The number of nitrogens with zero attached hydrogens (tertiary/aromatic N) is 1. The van der Waals surface area contributed by atoms with E-state index in [9.17, 15) is 9.59 Å². The van der Waals surface area contributed by atoms with E-state index in [2.05, 4.69) is 0 Å². The van der Waals surface area contributed by atoms with Gasteiger partial charge in [-0.05, 0) is 24.3 Å². The molecule has 0 aliphatic carbocycles. The number of hydrogen-bond acceptors (Lipinski definition) is 5. The number of hydrogen-bond donors (Lipinski definition) is 0. The maximum absolute atomic E-state index is 12.4. The summed E-state index contributed by atoms with van der Waals surface area (Å²) in [5.41, 5.74) is 1.26. The van der Waals surface area contributed by atoms with Crippen molar-refractivity contribution in [3.63, 3.8) is 0 Å². The van der Waals surface area contributed by atoms with E-state index in [4.69, 9.17) is 14.2 Å². The first kappa shape index (κ1) is 20.0. The first-order valence-corrected chi connectivity index (χ1v) is 8.33. The maximum atomic E-state index is 12.4. The third kappa shape index (κ3) is 5.34. The van der Waals surface area contributed by atoms with Crippen LogP contribution in [-0.4, -0.2) is 45.1 Å². The van der Waals surface area contributed by atoms with Crippen molar-refractivity contribution in [3.05, 3.63) is 65.7 Å². The molecule has 6 heteroatoms. The smallest absolute Gasteiger partial charge is 0.331 e. The van der Waals surface area contributed by atoms with Crippen molar-refractivity contribution in [3.8, 4) is 11.5 Å². The molecule has 0 spiro atoms. The first-order valence-electron chi connectivity index (χ1n) is 8.33. The minimum absolute atomic E-state index is 0.318. The molecule has 2 aromatic carbocycles. The molecule has 2 rings (SSSR count). The van der Waals surface area contributed by atoms with Crippen LogP contribution >= 0.6 is 0 Å². The summed E-state index contributed by atoms with van der Waals surface area (Å²) >= 11 is 0. The lowest BCUT2D eigenvalue weighted by Gasteiger charge is -2.20. The fraction of sp³-hybridized carbons (Fsp3) is 0.238. The van der Waals surface area contributed by atoms with Crippen molar-refractivity contribution in [2.45, 2.75) is 6.10 Å². The molecular weight excluding hydrogens is 346 g/mol. The van der Waals surface area contributed by atoms with Crippen LogP contribution in [-0.2, 0) is 14.3 Å².